The fraction of sp³-hybridized carbons (Fsp3) is 0.250. The van der Waals surface area contributed by atoms with Crippen LogP contribution in [0.2, 0.25) is 0 Å². The largest absolute Gasteiger partial charge is 0.467 e. The Kier molecular flexibility index (Phi) is 4.85. The lowest BCUT2D eigenvalue weighted by Gasteiger charge is -2.19. The van der Waals surface area contributed by atoms with Crippen molar-refractivity contribution in [2.75, 3.05) is 5.75 Å². The molecule has 3 aromatic rings. The minimum Gasteiger partial charge on any atom is -0.467 e. The maximum absolute atomic E-state index is 12.9. The number of aryl methyl sites for hydroxylation is 2. The number of rotatable bonds is 5. The van der Waals surface area contributed by atoms with Gasteiger partial charge in [0.15, 0.2) is 0 Å². The minimum atomic E-state index is -0.210. The third-order valence-corrected chi connectivity index (χ3v) is 5.40. The molecule has 138 valence electrons. The van der Waals surface area contributed by atoms with E-state index in [9.17, 15) is 4.79 Å². The molecule has 3 heterocycles. The SMILES string of the molecule is Cc1ccc(C2=NN(C(=O)CSc3cnn(C)c3)C(c3ccco3)C2)cc1. The highest BCUT2D eigenvalue weighted by Gasteiger charge is 2.34. The molecule has 0 bridgehead atoms. The quantitative estimate of drug-likeness (QED) is 0.632. The van der Waals surface area contributed by atoms with Gasteiger partial charge in [-0.05, 0) is 24.6 Å². The van der Waals surface area contributed by atoms with E-state index in [1.807, 2.05) is 37.5 Å². The number of carbonyl (C=O) groups excluding carboxylic acids is 1. The molecule has 2 aromatic heterocycles. The summed E-state index contributed by atoms with van der Waals surface area (Å²) in [6.07, 6.45) is 5.92. The van der Waals surface area contributed by atoms with E-state index in [4.69, 9.17) is 4.42 Å². The van der Waals surface area contributed by atoms with Crippen molar-refractivity contribution in [3.63, 3.8) is 0 Å². The van der Waals surface area contributed by atoms with Gasteiger partial charge >= 0.3 is 0 Å². The van der Waals surface area contributed by atoms with E-state index in [-0.39, 0.29) is 11.9 Å². The van der Waals surface area contributed by atoms with Crippen molar-refractivity contribution in [1.82, 2.24) is 14.8 Å². The van der Waals surface area contributed by atoms with Gasteiger partial charge in [0.05, 0.1) is 23.9 Å². The first-order valence-corrected chi connectivity index (χ1v) is 9.70. The summed E-state index contributed by atoms with van der Waals surface area (Å²) >= 11 is 1.46. The Bertz CT molecular complexity index is 960. The van der Waals surface area contributed by atoms with Gasteiger partial charge in [0.2, 0.25) is 0 Å². The van der Waals surface area contributed by atoms with E-state index in [1.165, 1.54) is 17.3 Å². The van der Waals surface area contributed by atoms with E-state index >= 15 is 0 Å². The number of benzene rings is 1. The number of hydrazone groups is 1. The van der Waals surface area contributed by atoms with E-state index < -0.39 is 0 Å². The fourth-order valence-corrected chi connectivity index (χ4v) is 3.82. The molecule has 7 heteroatoms. The summed E-state index contributed by atoms with van der Waals surface area (Å²) < 4.78 is 7.30. The molecule has 27 heavy (non-hydrogen) atoms. The summed E-state index contributed by atoms with van der Waals surface area (Å²) in [5.74, 6) is 1.00. The van der Waals surface area contributed by atoms with Gasteiger partial charge in [0, 0.05) is 24.6 Å². The summed E-state index contributed by atoms with van der Waals surface area (Å²) in [4.78, 5) is 13.9. The predicted octanol–water partition coefficient (Wildman–Crippen LogP) is 3.79. The van der Waals surface area contributed by atoms with Crippen molar-refractivity contribution in [2.24, 2.45) is 12.1 Å². The highest BCUT2D eigenvalue weighted by Crippen LogP contribution is 2.34. The van der Waals surface area contributed by atoms with Gasteiger partial charge in [-0.1, -0.05) is 29.8 Å². The van der Waals surface area contributed by atoms with Crippen molar-refractivity contribution < 1.29 is 9.21 Å². The van der Waals surface area contributed by atoms with Crippen LogP contribution in [0.4, 0.5) is 0 Å². The van der Waals surface area contributed by atoms with Gasteiger partial charge in [-0.15, -0.1) is 11.8 Å². The number of hydrogen-bond acceptors (Lipinski definition) is 5. The number of carbonyl (C=O) groups is 1. The standard InChI is InChI=1S/C20H20N4O2S/c1-14-5-7-15(8-6-14)17-10-18(19-4-3-9-26-19)24(22-17)20(25)13-27-16-11-21-23(2)12-16/h3-9,11-12,18H,10,13H2,1-2H3. The third kappa shape index (κ3) is 3.83. The molecule has 0 aliphatic carbocycles. The Morgan fingerprint density at radius 3 is 2.78 bits per heavy atom. The molecule has 0 spiro atoms. The first-order valence-electron chi connectivity index (χ1n) is 8.71. The van der Waals surface area contributed by atoms with E-state index in [0.29, 0.717) is 12.2 Å². The molecule has 4 rings (SSSR count). The molecule has 0 radical (unpaired) electrons. The topological polar surface area (TPSA) is 63.6 Å². The maximum atomic E-state index is 12.9. The lowest BCUT2D eigenvalue weighted by molar-refractivity contribution is -0.130. The smallest absolute Gasteiger partial charge is 0.253 e. The van der Waals surface area contributed by atoms with Gasteiger partial charge in [0.25, 0.3) is 5.91 Å². The zero-order chi connectivity index (χ0) is 18.8. The summed E-state index contributed by atoms with van der Waals surface area (Å²) in [5, 5.41) is 10.4. The lowest BCUT2D eigenvalue weighted by atomic mass is 10.0. The number of hydrogen-bond donors (Lipinski definition) is 0. The lowest BCUT2D eigenvalue weighted by Crippen LogP contribution is -2.28. The van der Waals surface area contributed by atoms with Gasteiger partial charge in [-0.25, -0.2) is 5.01 Å². The predicted molar refractivity (Wildman–Crippen MR) is 105 cm³/mol. The van der Waals surface area contributed by atoms with Crippen LogP contribution < -0.4 is 0 Å². The Morgan fingerprint density at radius 1 is 1.30 bits per heavy atom. The molecule has 1 aliphatic heterocycles. The number of thioether (sulfide) groups is 1. The average Bonchev–Trinajstić information content (AvgIpc) is 3.40. The van der Waals surface area contributed by atoms with Gasteiger partial charge in [0.1, 0.15) is 11.8 Å². The molecule has 0 N–H and O–H groups in total. The number of furan rings is 1. The number of nitrogens with zero attached hydrogens (tertiary/aromatic N) is 4. The van der Waals surface area contributed by atoms with Crippen LogP contribution in [0.15, 0.2) is 69.5 Å². The zero-order valence-electron chi connectivity index (χ0n) is 15.2. The second-order valence-electron chi connectivity index (χ2n) is 6.52. The maximum Gasteiger partial charge on any atom is 0.253 e. The van der Waals surface area contributed by atoms with Crippen molar-refractivity contribution in [3.8, 4) is 0 Å². The van der Waals surface area contributed by atoms with Gasteiger partial charge in [-0.2, -0.15) is 10.2 Å². The Hall–Kier alpha value is -2.80. The first-order chi connectivity index (χ1) is 13.1. The number of aromatic nitrogens is 2. The van der Waals surface area contributed by atoms with Crippen molar-refractivity contribution >= 4 is 23.4 Å². The Morgan fingerprint density at radius 2 is 2.11 bits per heavy atom. The average molecular weight is 380 g/mol. The van der Waals surface area contributed by atoms with Gasteiger partial charge in [-0.3, -0.25) is 9.48 Å². The van der Waals surface area contributed by atoms with Gasteiger partial charge < -0.3 is 4.42 Å². The normalized spacial score (nSPS) is 16.6. The molecule has 1 aliphatic rings. The Balaban J connectivity index is 1.55. The van der Waals surface area contributed by atoms with E-state index in [0.717, 1.165) is 21.9 Å². The molecule has 1 amide bonds. The zero-order valence-corrected chi connectivity index (χ0v) is 16.0. The summed E-state index contributed by atoms with van der Waals surface area (Å²) in [5.41, 5.74) is 3.13. The van der Waals surface area contributed by atoms with Crippen LogP contribution in [-0.4, -0.2) is 32.2 Å². The number of amides is 1. The molecule has 1 unspecified atom stereocenters. The molecule has 1 atom stereocenters. The highest BCUT2D eigenvalue weighted by molar-refractivity contribution is 8.00. The monoisotopic (exact) mass is 380 g/mol. The van der Waals surface area contributed by atoms with Crippen LogP contribution in [0.1, 0.15) is 29.3 Å². The Labute approximate surface area is 161 Å². The molecule has 0 saturated carbocycles. The molecular weight excluding hydrogens is 360 g/mol. The first kappa shape index (κ1) is 17.6. The summed E-state index contributed by atoms with van der Waals surface area (Å²) in [7, 11) is 1.86. The van der Waals surface area contributed by atoms with Crippen LogP contribution in [0.25, 0.3) is 0 Å². The van der Waals surface area contributed by atoms with Crippen molar-refractivity contribution in [3.05, 3.63) is 71.9 Å². The van der Waals surface area contributed by atoms with Crippen molar-refractivity contribution in [2.45, 2.75) is 24.3 Å². The fourth-order valence-electron chi connectivity index (χ4n) is 3.05. The molecule has 1 aromatic carbocycles. The molecular formula is C20H20N4O2S. The van der Waals surface area contributed by atoms with Crippen molar-refractivity contribution in [1.29, 1.82) is 0 Å². The molecule has 6 nitrogen and oxygen atoms in total. The second kappa shape index (κ2) is 7.44. The molecule has 0 saturated heterocycles. The third-order valence-electron chi connectivity index (χ3n) is 4.47. The van der Waals surface area contributed by atoms with Crippen LogP contribution >= 0.6 is 11.8 Å². The van der Waals surface area contributed by atoms with Crippen LogP contribution in [-0.2, 0) is 11.8 Å². The second-order valence-corrected chi connectivity index (χ2v) is 7.57. The van der Waals surface area contributed by atoms with E-state index in [1.54, 1.807) is 22.2 Å². The minimum absolute atomic E-state index is 0.0487. The van der Waals surface area contributed by atoms with Crippen LogP contribution in [0.5, 0.6) is 0 Å². The summed E-state index contributed by atoms with van der Waals surface area (Å²) in [6, 6.07) is 11.7. The molecule has 0 fully saturated rings. The van der Waals surface area contributed by atoms with E-state index in [2.05, 4.69) is 29.3 Å². The highest BCUT2D eigenvalue weighted by atomic mass is 32.2. The van der Waals surface area contributed by atoms with Crippen LogP contribution in [0.3, 0.4) is 0 Å². The summed E-state index contributed by atoms with van der Waals surface area (Å²) in [6.45, 7) is 2.05. The van der Waals surface area contributed by atoms with Crippen LogP contribution in [0, 0.1) is 6.92 Å².